The highest BCUT2D eigenvalue weighted by Gasteiger charge is 2.23. The van der Waals surface area contributed by atoms with Gasteiger partial charge < -0.3 is 10.6 Å². The predicted molar refractivity (Wildman–Crippen MR) is 73.5 cm³/mol. The summed E-state index contributed by atoms with van der Waals surface area (Å²) in [7, 11) is 0. The molecule has 3 nitrogen and oxygen atoms in total. The van der Waals surface area contributed by atoms with E-state index in [1.807, 2.05) is 0 Å². The summed E-state index contributed by atoms with van der Waals surface area (Å²) in [4.78, 5) is 12.1. The van der Waals surface area contributed by atoms with Gasteiger partial charge in [-0.15, -0.1) is 0 Å². The molecule has 2 rings (SSSR count). The summed E-state index contributed by atoms with van der Waals surface area (Å²) < 4.78 is 0. The Balaban J connectivity index is 2.02. The highest BCUT2D eigenvalue weighted by molar-refractivity contribution is 5.79. The lowest BCUT2D eigenvalue weighted by Crippen LogP contribution is -2.34. The van der Waals surface area contributed by atoms with Gasteiger partial charge in [-0.1, -0.05) is 23.8 Å². The average molecular weight is 246 g/mol. The quantitative estimate of drug-likeness (QED) is 0.857. The highest BCUT2D eigenvalue weighted by Crippen LogP contribution is 2.19. The molecule has 18 heavy (non-hydrogen) atoms. The van der Waals surface area contributed by atoms with Crippen LogP contribution in [0, 0.1) is 19.8 Å². The molecular formula is C15H22N2O. The van der Waals surface area contributed by atoms with E-state index in [1.54, 1.807) is 0 Å². The van der Waals surface area contributed by atoms with Gasteiger partial charge in [-0.2, -0.15) is 0 Å². The molecule has 1 aliphatic heterocycles. The molecule has 1 saturated heterocycles. The van der Waals surface area contributed by atoms with Gasteiger partial charge in [0.2, 0.25) is 5.91 Å². The SMILES string of the molecule is Cc1ccc(C(C)NC(=O)C2CCNC2)c(C)c1. The van der Waals surface area contributed by atoms with Gasteiger partial charge in [0.05, 0.1) is 12.0 Å². The molecule has 2 unspecified atom stereocenters. The zero-order valence-electron chi connectivity index (χ0n) is 11.4. The molecule has 0 radical (unpaired) electrons. The first-order chi connectivity index (χ1) is 8.58. The van der Waals surface area contributed by atoms with E-state index in [-0.39, 0.29) is 17.9 Å². The number of rotatable bonds is 3. The maximum atomic E-state index is 12.1. The van der Waals surface area contributed by atoms with Gasteiger partial charge in [0, 0.05) is 6.54 Å². The van der Waals surface area contributed by atoms with E-state index in [2.05, 4.69) is 49.6 Å². The molecule has 0 spiro atoms. The van der Waals surface area contributed by atoms with Crippen molar-refractivity contribution in [1.29, 1.82) is 0 Å². The van der Waals surface area contributed by atoms with E-state index in [0.717, 1.165) is 19.5 Å². The first-order valence-corrected chi connectivity index (χ1v) is 6.66. The van der Waals surface area contributed by atoms with Crippen molar-refractivity contribution in [3.8, 4) is 0 Å². The third-order valence-corrected chi connectivity index (χ3v) is 3.68. The monoisotopic (exact) mass is 246 g/mol. The Morgan fingerprint density at radius 2 is 2.22 bits per heavy atom. The first kappa shape index (κ1) is 13.1. The summed E-state index contributed by atoms with van der Waals surface area (Å²) in [5.41, 5.74) is 3.71. The largest absolute Gasteiger partial charge is 0.349 e. The van der Waals surface area contributed by atoms with Crippen LogP contribution < -0.4 is 10.6 Å². The average Bonchev–Trinajstić information content (AvgIpc) is 2.81. The van der Waals surface area contributed by atoms with Crippen LogP contribution in [0.3, 0.4) is 0 Å². The Hall–Kier alpha value is -1.35. The Bertz CT molecular complexity index is 436. The number of aryl methyl sites for hydroxylation is 2. The summed E-state index contributed by atoms with van der Waals surface area (Å²) >= 11 is 0. The number of carbonyl (C=O) groups is 1. The molecule has 98 valence electrons. The van der Waals surface area contributed by atoms with Crippen molar-refractivity contribution in [2.75, 3.05) is 13.1 Å². The standard InChI is InChI=1S/C15H22N2O/c1-10-4-5-14(11(2)8-10)12(3)17-15(18)13-6-7-16-9-13/h4-5,8,12-13,16H,6-7,9H2,1-3H3,(H,17,18). The fourth-order valence-corrected chi connectivity index (χ4v) is 2.60. The van der Waals surface area contributed by atoms with Crippen molar-refractivity contribution in [2.24, 2.45) is 5.92 Å². The summed E-state index contributed by atoms with van der Waals surface area (Å²) in [6.07, 6.45) is 0.950. The molecule has 0 aromatic heterocycles. The van der Waals surface area contributed by atoms with E-state index < -0.39 is 0 Å². The van der Waals surface area contributed by atoms with Crippen LogP contribution in [0.15, 0.2) is 18.2 Å². The van der Waals surface area contributed by atoms with Gasteiger partial charge in [0.25, 0.3) is 0 Å². The third kappa shape index (κ3) is 2.91. The molecule has 2 atom stereocenters. The van der Waals surface area contributed by atoms with Gasteiger partial charge in [-0.3, -0.25) is 4.79 Å². The van der Waals surface area contributed by atoms with Crippen molar-refractivity contribution in [1.82, 2.24) is 10.6 Å². The lowest BCUT2D eigenvalue weighted by atomic mass is 9.99. The van der Waals surface area contributed by atoms with Crippen LogP contribution >= 0.6 is 0 Å². The molecule has 3 heteroatoms. The second kappa shape index (κ2) is 5.53. The Morgan fingerprint density at radius 3 is 2.83 bits per heavy atom. The van der Waals surface area contributed by atoms with Crippen molar-refractivity contribution in [3.63, 3.8) is 0 Å². The maximum Gasteiger partial charge on any atom is 0.224 e. The minimum atomic E-state index is 0.0821. The fraction of sp³-hybridized carbons (Fsp3) is 0.533. The molecule has 0 bridgehead atoms. The Labute approximate surface area is 109 Å². The molecule has 1 amide bonds. The smallest absolute Gasteiger partial charge is 0.224 e. The number of amides is 1. The number of hydrogen-bond acceptors (Lipinski definition) is 2. The molecule has 1 heterocycles. The Morgan fingerprint density at radius 1 is 1.44 bits per heavy atom. The molecule has 0 aliphatic carbocycles. The van der Waals surface area contributed by atoms with Crippen molar-refractivity contribution >= 4 is 5.91 Å². The van der Waals surface area contributed by atoms with Crippen LogP contribution in [-0.4, -0.2) is 19.0 Å². The zero-order chi connectivity index (χ0) is 13.1. The normalized spacial score (nSPS) is 20.7. The molecule has 2 N–H and O–H groups in total. The fourth-order valence-electron chi connectivity index (χ4n) is 2.60. The zero-order valence-corrected chi connectivity index (χ0v) is 11.4. The molecule has 0 saturated carbocycles. The summed E-state index contributed by atoms with van der Waals surface area (Å²) in [6.45, 7) is 8.01. The van der Waals surface area contributed by atoms with Crippen LogP contribution in [-0.2, 0) is 4.79 Å². The van der Waals surface area contributed by atoms with Crippen LogP contribution in [0.25, 0.3) is 0 Å². The lowest BCUT2D eigenvalue weighted by Gasteiger charge is -2.19. The van der Waals surface area contributed by atoms with Crippen LogP contribution in [0.5, 0.6) is 0 Å². The van der Waals surface area contributed by atoms with Gasteiger partial charge in [-0.25, -0.2) is 0 Å². The summed E-state index contributed by atoms with van der Waals surface area (Å²) in [6, 6.07) is 6.46. The van der Waals surface area contributed by atoms with E-state index in [0.29, 0.717) is 0 Å². The van der Waals surface area contributed by atoms with Crippen molar-refractivity contribution < 1.29 is 4.79 Å². The van der Waals surface area contributed by atoms with Crippen LogP contribution in [0.1, 0.15) is 36.1 Å². The highest BCUT2D eigenvalue weighted by atomic mass is 16.2. The number of hydrogen-bond donors (Lipinski definition) is 2. The lowest BCUT2D eigenvalue weighted by molar-refractivity contribution is -0.125. The predicted octanol–water partition coefficient (Wildman–Crippen LogP) is 2.09. The van der Waals surface area contributed by atoms with Crippen molar-refractivity contribution in [2.45, 2.75) is 33.2 Å². The maximum absolute atomic E-state index is 12.1. The second-order valence-corrected chi connectivity index (χ2v) is 5.28. The number of carbonyl (C=O) groups excluding carboxylic acids is 1. The Kier molecular flexibility index (Phi) is 4.02. The van der Waals surface area contributed by atoms with E-state index in [4.69, 9.17) is 0 Å². The minimum Gasteiger partial charge on any atom is -0.349 e. The molecule has 1 aromatic carbocycles. The number of benzene rings is 1. The van der Waals surface area contributed by atoms with Gasteiger partial charge >= 0.3 is 0 Å². The minimum absolute atomic E-state index is 0.0821. The molecule has 1 aliphatic rings. The summed E-state index contributed by atoms with van der Waals surface area (Å²) in [5, 5.41) is 6.34. The molecule has 1 aromatic rings. The van der Waals surface area contributed by atoms with Gasteiger partial charge in [-0.05, 0) is 44.9 Å². The van der Waals surface area contributed by atoms with Crippen LogP contribution in [0.4, 0.5) is 0 Å². The van der Waals surface area contributed by atoms with Crippen molar-refractivity contribution in [3.05, 3.63) is 34.9 Å². The van der Waals surface area contributed by atoms with E-state index >= 15 is 0 Å². The van der Waals surface area contributed by atoms with Gasteiger partial charge in [0.15, 0.2) is 0 Å². The summed E-state index contributed by atoms with van der Waals surface area (Å²) in [5.74, 6) is 0.311. The van der Waals surface area contributed by atoms with Crippen LogP contribution in [0.2, 0.25) is 0 Å². The second-order valence-electron chi connectivity index (χ2n) is 5.28. The number of nitrogens with one attached hydrogen (secondary N) is 2. The molecular weight excluding hydrogens is 224 g/mol. The van der Waals surface area contributed by atoms with Gasteiger partial charge in [0.1, 0.15) is 0 Å². The third-order valence-electron chi connectivity index (χ3n) is 3.68. The molecule has 1 fully saturated rings. The van der Waals surface area contributed by atoms with E-state index in [9.17, 15) is 4.79 Å². The first-order valence-electron chi connectivity index (χ1n) is 6.66. The topological polar surface area (TPSA) is 41.1 Å². The van der Waals surface area contributed by atoms with E-state index in [1.165, 1.54) is 16.7 Å².